The zero-order valence-corrected chi connectivity index (χ0v) is 13.6. The molecular weight excluding hydrogens is 310 g/mol. The highest BCUT2D eigenvalue weighted by molar-refractivity contribution is 8.00. The summed E-state index contributed by atoms with van der Waals surface area (Å²) in [4.78, 5) is 23.6. The number of amides is 1. The van der Waals surface area contributed by atoms with Gasteiger partial charge < -0.3 is 10.1 Å². The van der Waals surface area contributed by atoms with E-state index in [1.165, 1.54) is 18.9 Å². The summed E-state index contributed by atoms with van der Waals surface area (Å²) in [6.07, 6.45) is 3.01. The van der Waals surface area contributed by atoms with E-state index < -0.39 is 0 Å². The smallest absolute Gasteiger partial charge is 0.305 e. The van der Waals surface area contributed by atoms with Gasteiger partial charge in [0.05, 0.1) is 12.9 Å². The van der Waals surface area contributed by atoms with Gasteiger partial charge in [0.2, 0.25) is 5.91 Å². The highest BCUT2D eigenvalue weighted by Gasteiger charge is 2.03. The summed E-state index contributed by atoms with van der Waals surface area (Å²) in [6, 6.07) is 7.41. The molecule has 116 valence electrons. The first-order valence-electron chi connectivity index (χ1n) is 6.83. The molecule has 0 unspecified atom stereocenters. The Bertz CT molecular complexity index is 451. The molecule has 0 atom stereocenters. The zero-order chi connectivity index (χ0) is 15.5. The van der Waals surface area contributed by atoms with Gasteiger partial charge in [-0.05, 0) is 37.1 Å². The van der Waals surface area contributed by atoms with Crippen LogP contribution in [0.4, 0.5) is 0 Å². The maximum atomic E-state index is 11.6. The average Bonchev–Trinajstić information content (AvgIpc) is 2.49. The van der Waals surface area contributed by atoms with Gasteiger partial charge in [-0.15, -0.1) is 11.8 Å². The molecule has 0 fully saturated rings. The van der Waals surface area contributed by atoms with Crippen LogP contribution in [0.3, 0.4) is 0 Å². The molecule has 6 heteroatoms. The van der Waals surface area contributed by atoms with Gasteiger partial charge in [-0.25, -0.2) is 0 Å². The van der Waals surface area contributed by atoms with Crippen molar-refractivity contribution in [1.29, 1.82) is 0 Å². The number of unbranched alkanes of at least 4 members (excludes halogenated alkanes) is 2. The average molecular weight is 330 g/mol. The minimum absolute atomic E-state index is 0.0166. The van der Waals surface area contributed by atoms with Crippen LogP contribution in [0, 0.1) is 0 Å². The van der Waals surface area contributed by atoms with Gasteiger partial charge in [0.15, 0.2) is 0 Å². The highest BCUT2D eigenvalue weighted by atomic mass is 35.5. The molecule has 0 aromatic heterocycles. The van der Waals surface area contributed by atoms with Crippen LogP contribution in [0.2, 0.25) is 5.02 Å². The molecule has 0 aliphatic carbocycles. The van der Waals surface area contributed by atoms with Crippen molar-refractivity contribution in [2.45, 2.75) is 30.6 Å². The Balaban J connectivity index is 2.04. The van der Waals surface area contributed by atoms with Crippen molar-refractivity contribution in [3.8, 4) is 0 Å². The number of thioether (sulfide) groups is 1. The molecule has 0 spiro atoms. The Morgan fingerprint density at radius 2 is 1.90 bits per heavy atom. The number of ether oxygens (including phenoxy) is 1. The molecule has 1 N–H and O–H groups in total. The number of hydrogen-bond acceptors (Lipinski definition) is 4. The van der Waals surface area contributed by atoms with Crippen LogP contribution in [-0.4, -0.2) is 31.3 Å². The second-order valence-corrected chi connectivity index (χ2v) is 5.96. The third-order valence-corrected chi connectivity index (χ3v) is 4.06. The quantitative estimate of drug-likeness (QED) is 0.429. The summed E-state index contributed by atoms with van der Waals surface area (Å²) < 4.78 is 4.56. The van der Waals surface area contributed by atoms with E-state index in [0.717, 1.165) is 24.2 Å². The van der Waals surface area contributed by atoms with Crippen molar-refractivity contribution in [2.75, 3.05) is 19.4 Å². The van der Waals surface area contributed by atoms with Gasteiger partial charge in [0.1, 0.15) is 0 Å². The summed E-state index contributed by atoms with van der Waals surface area (Å²) >= 11 is 7.28. The van der Waals surface area contributed by atoms with Crippen LogP contribution < -0.4 is 5.32 Å². The van der Waals surface area contributed by atoms with Crippen LogP contribution in [0.1, 0.15) is 25.7 Å². The molecule has 0 aliphatic rings. The molecule has 0 saturated heterocycles. The topological polar surface area (TPSA) is 55.4 Å². The number of esters is 1. The van der Waals surface area contributed by atoms with Gasteiger partial charge in [-0.2, -0.15) is 0 Å². The molecule has 1 amide bonds. The monoisotopic (exact) mass is 329 g/mol. The number of nitrogens with one attached hydrogen (secondary N) is 1. The lowest BCUT2D eigenvalue weighted by Gasteiger charge is -2.05. The normalized spacial score (nSPS) is 10.2. The fraction of sp³-hybridized carbons (Fsp3) is 0.467. The van der Waals surface area contributed by atoms with Gasteiger partial charge in [0, 0.05) is 22.9 Å². The summed E-state index contributed by atoms with van der Waals surface area (Å²) in [6.45, 7) is 0.640. The van der Waals surface area contributed by atoms with E-state index in [2.05, 4.69) is 10.1 Å². The summed E-state index contributed by atoms with van der Waals surface area (Å²) in [5, 5.41) is 3.55. The Morgan fingerprint density at radius 3 is 2.57 bits per heavy atom. The summed E-state index contributed by atoms with van der Waals surface area (Å²) in [5.74, 6) is 0.227. The molecular formula is C15H20ClNO3S. The van der Waals surface area contributed by atoms with Crippen LogP contribution in [0.15, 0.2) is 29.2 Å². The second-order valence-electron chi connectivity index (χ2n) is 4.48. The molecule has 0 bridgehead atoms. The Labute approximate surface area is 134 Å². The molecule has 21 heavy (non-hydrogen) atoms. The Morgan fingerprint density at radius 1 is 1.19 bits per heavy atom. The first-order chi connectivity index (χ1) is 10.1. The lowest BCUT2D eigenvalue weighted by atomic mass is 10.2. The highest BCUT2D eigenvalue weighted by Crippen LogP contribution is 2.19. The largest absolute Gasteiger partial charge is 0.469 e. The minimum Gasteiger partial charge on any atom is -0.469 e. The number of hydrogen-bond donors (Lipinski definition) is 1. The number of rotatable bonds is 9. The molecule has 0 saturated carbocycles. The Hall–Kier alpha value is -1.20. The third-order valence-electron chi connectivity index (χ3n) is 2.79. The van der Waals surface area contributed by atoms with Gasteiger partial charge >= 0.3 is 5.97 Å². The van der Waals surface area contributed by atoms with E-state index in [0.29, 0.717) is 23.7 Å². The summed E-state index contributed by atoms with van der Waals surface area (Å²) in [5.41, 5.74) is 0. The van der Waals surface area contributed by atoms with E-state index in [1.807, 2.05) is 24.3 Å². The lowest BCUT2D eigenvalue weighted by Crippen LogP contribution is -2.26. The minimum atomic E-state index is -0.182. The van der Waals surface area contributed by atoms with Gasteiger partial charge in [0.25, 0.3) is 0 Å². The van der Waals surface area contributed by atoms with Crippen molar-refractivity contribution >= 4 is 35.2 Å². The molecule has 4 nitrogen and oxygen atoms in total. The van der Waals surface area contributed by atoms with Gasteiger partial charge in [-0.1, -0.05) is 18.0 Å². The predicted octanol–water partition coefficient (Wildman–Crippen LogP) is 3.28. The number of halogens is 1. The van der Waals surface area contributed by atoms with E-state index in [9.17, 15) is 9.59 Å². The SMILES string of the molecule is COC(=O)CCCCCNC(=O)CSc1ccc(Cl)cc1. The number of benzene rings is 1. The first-order valence-corrected chi connectivity index (χ1v) is 8.20. The van der Waals surface area contributed by atoms with Crippen LogP contribution >= 0.6 is 23.4 Å². The van der Waals surface area contributed by atoms with Crippen LogP contribution in [0.5, 0.6) is 0 Å². The van der Waals surface area contributed by atoms with Crippen LogP contribution in [0.25, 0.3) is 0 Å². The maximum Gasteiger partial charge on any atom is 0.305 e. The van der Waals surface area contributed by atoms with E-state index >= 15 is 0 Å². The van der Waals surface area contributed by atoms with Crippen molar-refractivity contribution in [1.82, 2.24) is 5.32 Å². The molecule has 0 aliphatic heterocycles. The van der Waals surface area contributed by atoms with Crippen molar-refractivity contribution in [3.05, 3.63) is 29.3 Å². The van der Waals surface area contributed by atoms with Crippen LogP contribution in [-0.2, 0) is 14.3 Å². The number of carbonyl (C=O) groups is 2. The van der Waals surface area contributed by atoms with Crippen molar-refractivity contribution in [2.24, 2.45) is 0 Å². The number of carbonyl (C=O) groups excluding carboxylic acids is 2. The Kier molecular flexibility index (Phi) is 8.94. The fourth-order valence-corrected chi connectivity index (χ4v) is 2.49. The lowest BCUT2D eigenvalue weighted by molar-refractivity contribution is -0.140. The standard InChI is InChI=1S/C15H20ClNO3S/c1-20-15(19)5-3-2-4-10-17-14(18)11-21-13-8-6-12(16)7-9-13/h6-9H,2-5,10-11H2,1H3,(H,17,18). The fourth-order valence-electron chi connectivity index (χ4n) is 1.63. The third kappa shape index (κ3) is 8.63. The van der Waals surface area contributed by atoms with Crippen molar-refractivity contribution < 1.29 is 14.3 Å². The van der Waals surface area contributed by atoms with E-state index in [-0.39, 0.29) is 11.9 Å². The maximum absolute atomic E-state index is 11.6. The second kappa shape index (κ2) is 10.5. The number of methoxy groups -OCH3 is 1. The molecule has 1 aromatic rings. The van der Waals surface area contributed by atoms with E-state index in [4.69, 9.17) is 11.6 Å². The molecule has 1 rings (SSSR count). The van der Waals surface area contributed by atoms with Crippen molar-refractivity contribution in [3.63, 3.8) is 0 Å². The summed E-state index contributed by atoms with van der Waals surface area (Å²) in [7, 11) is 1.39. The van der Waals surface area contributed by atoms with Gasteiger partial charge in [-0.3, -0.25) is 9.59 Å². The van der Waals surface area contributed by atoms with E-state index in [1.54, 1.807) is 0 Å². The zero-order valence-electron chi connectivity index (χ0n) is 12.1. The molecule has 0 radical (unpaired) electrons. The predicted molar refractivity (Wildman–Crippen MR) is 85.7 cm³/mol. The molecule has 1 aromatic carbocycles. The first kappa shape index (κ1) is 17.9. The molecule has 0 heterocycles.